The minimum Gasteiger partial charge on any atom is -0.347 e. The maximum Gasteiger partial charge on any atom is 0.251 e. The van der Waals surface area contributed by atoms with Crippen LogP contribution in [-0.2, 0) is 9.47 Å². The number of hydrogen-bond donors (Lipinski definition) is 1. The summed E-state index contributed by atoms with van der Waals surface area (Å²) in [5.41, 5.74) is 0.635. The van der Waals surface area contributed by atoms with Crippen molar-refractivity contribution < 1.29 is 9.47 Å². The molecule has 1 N–H and O–H groups in total. The number of ether oxygens (including phenoxy) is 2. The topological polar surface area (TPSA) is 64.2 Å². The Morgan fingerprint density at radius 3 is 3.00 bits per heavy atom. The summed E-state index contributed by atoms with van der Waals surface area (Å²) in [5, 5.41) is 0.656. The van der Waals surface area contributed by atoms with E-state index >= 15 is 0 Å². The molecule has 0 bridgehead atoms. The average molecular weight is 296 g/mol. The van der Waals surface area contributed by atoms with Crippen molar-refractivity contribution >= 4 is 11.8 Å². The number of aromatic amines is 1. The average Bonchev–Trinajstić information content (AvgIpc) is 2.79. The van der Waals surface area contributed by atoms with Gasteiger partial charge in [0.15, 0.2) is 10.9 Å². The first-order valence-corrected chi connectivity index (χ1v) is 8.16. The molecule has 1 saturated heterocycles. The molecule has 0 radical (unpaired) electrons. The van der Waals surface area contributed by atoms with Gasteiger partial charge in [0, 0.05) is 30.4 Å². The SMILES string of the molecule is Cc1cc(=O)[nH]c(SC[C@H]2COC3(CCCCC3)O2)n1. The zero-order valence-corrected chi connectivity index (χ0v) is 12.5. The third kappa shape index (κ3) is 3.24. The van der Waals surface area contributed by atoms with Crippen LogP contribution in [0.15, 0.2) is 16.0 Å². The van der Waals surface area contributed by atoms with Crippen molar-refractivity contribution in [2.24, 2.45) is 0 Å². The van der Waals surface area contributed by atoms with Gasteiger partial charge in [0.25, 0.3) is 5.56 Å². The van der Waals surface area contributed by atoms with Crippen LogP contribution in [0.25, 0.3) is 0 Å². The second-order valence-electron chi connectivity index (χ2n) is 5.53. The number of aryl methyl sites for hydroxylation is 1. The summed E-state index contributed by atoms with van der Waals surface area (Å²) in [6, 6.07) is 1.50. The number of thioether (sulfide) groups is 1. The highest BCUT2D eigenvalue weighted by Gasteiger charge is 2.42. The van der Waals surface area contributed by atoms with Gasteiger partial charge in [0.2, 0.25) is 0 Å². The van der Waals surface area contributed by atoms with Crippen molar-refractivity contribution in [3.8, 4) is 0 Å². The Kier molecular flexibility index (Phi) is 4.14. The number of H-pyrrole nitrogens is 1. The summed E-state index contributed by atoms with van der Waals surface area (Å²) in [6.45, 7) is 2.47. The zero-order chi connectivity index (χ0) is 14.0. The fraction of sp³-hybridized carbons (Fsp3) is 0.714. The van der Waals surface area contributed by atoms with E-state index in [4.69, 9.17) is 9.47 Å². The van der Waals surface area contributed by atoms with Gasteiger partial charge in [-0.05, 0) is 19.8 Å². The Labute approximate surface area is 122 Å². The third-order valence-corrected chi connectivity index (χ3v) is 4.79. The van der Waals surface area contributed by atoms with Crippen molar-refractivity contribution in [2.45, 2.75) is 56.1 Å². The summed E-state index contributed by atoms with van der Waals surface area (Å²) in [4.78, 5) is 18.4. The van der Waals surface area contributed by atoms with E-state index in [0.717, 1.165) is 24.3 Å². The molecule has 1 aliphatic heterocycles. The van der Waals surface area contributed by atoms with Crippen LogP contribution in [0.4, 0.5) is 0 Å². The van der Waals surface area contributed by atoms with E-state index < -0.39 is 0 Å². The van der Waals surface area contributed by atoms with Crippen molar-refractivity contribution in [2.75, 3.05) is 12.4 Å². The fourth-order valence-corrected chi connectivity index (χ4v) is 3.73. The van der Waals surface area contributed by atoms with Gasteiger partial charge in [0.1, 0.15) is 0 Å². The molecule has 1 atom stereocenters. The first-order chi connectivity index (χ1) is 9.65. The lowest BCUT2D eigenvalue weighted by Crippen LogP contribution is -2.33. The van der Waals surface area contributed by atoms with Gasteiger partial charge >= 0.3 is 0 Å². The second-order valence-corrected chi connectivity index (χ2v) is 6.53. The van der Waals surface area contributed by atoms with Crippen LogP contribution in [0.5, 0.6) is 0 Å². The van der Waals surface area contributed by atoms with E-state index in [2.05, 4.69) is 9.97 Å². The van der Waals surface area contributed by atoms with E-state index in [-0.39, 0.29) is 17.5 Å². The van der Waals surface area contributed by atoms with Gasteiger partial charge in [-0.25, -0.2) is 4.98 Å². The Hall–Kier alpha value is -0.850. The molecule has 1 saturated carbocycles. The third-order valence-electron chi connectivity index (χ3n) is 3.78. The molecular formula is C14H20N2O3S. The van der Waals surface area contributed by atoms with Crippen LogP contribution in [0.3, 0.4) is 0 Å². The highest BCUT2D eigenvalue weighted by atomic mass is 32.2. The number of hydrogen-bond acceptors (Lipinski definition) is 5. The van der Waals surface area contributed by atoms with E-state index in [9.17, 15) is 4.79 Å². The molecule has 1 aromatic heterocycles. The number of aromatic nitrogens is 2. The molecule has 1 aromatic rings. The zero-order valence-electron chi connectivity index (χ0n) is 11.7. The van der Waals surface area contributed by atoms with Gasteiger partial charge in [-0.15, -0.1) is 0 Å². The minimum atomic E-state index is -0.323. The lowest BCUT2D eigenvalue weighted by atomic mass is 9.94. The standard InChI is InChI=1S/C14H20N2O3S/c1-10-7-12(17)16-13(15-10)20-9-11-8-18-14(19-11)5-3-2-4-6-14/h7,11H,2-6,8-9H2,1H3,(H,15,16,17)/t11-/m1/s1. The summed E-state index contributed by atoms with van der Waals surface area (Å²) < 4.78 is 12.0. The quantitative estimate of drug-likeness (QED) is 0.684. The lowest BCUT2D eigenvalue weighted by Gasteiger charge is -2.31. The Bertz CT molecular complexity index is 525. The van der Waals surface area contributed by atoms with E-state index in [1.54, 1.807) is 0 Å². The predicted octanol–water partition coefficient (Wildman–Crippen LogP) is 2.25. The number of nitrogens with one attached hydrogen (secondary N) is 1. The van der Waals surface area contributed by atoms with Crippen LogP contribution in [0, 0.1) is 6.92 Å². The van der Waals surface area contributed by atoms with Crippen molar-refractivity contribution in [3.63, 3.8) is 0 Å². The monoisotopic (exact) mass is 296 g/mol. The molecule has 0 unspecified atom stereocenters. The molecule has 5 nitrogen and oxygen atoms in total. The molecule has 1 spiro atoms. The minimum absolute atomic E-state index is 0.0870. The van der Waals surface area contributed by atoms with Crippen molar-refractivity contribution in [1.29, 1.82) is 0 Å². The highest BCUT2D eigenvalue weighted by molar-refractivity contribution is 7.99. The molecule has 3 rings (SSSR count). The Morgan fingerprint density at radius 1 is 1.45 bits per heavy atom. The van der Waals surface area contributed by atoms with Crippen LogP contribution in [0.1, 0.15) is 37.8 Å². The first kappa shape index (κ1) is 14.1. The molecule has 2 heterocycles. The van der Waals surface area contributed by atoms with Gasteiger partial charge in [0.05, 0.1) is 12.7 Å². The smallest absolute Gasteiger partial charge is 0.251 e. The molecule has 2 aliphatic rings. The summed E-state index contributed by atoms with van der Waals surface area (Å²) >= 11 is 1.52. The fourth-order valence-electron chi connectivity index (χ4n) is 2.84. The number of nitrogens with zero attached hydrogens (tertiary/aromatic N) is 1. The molecule has 110 valence electrons. The molecule has 0 aromatic carbocycles. The van der Waals surface area contributed by atoms with Crippen molar-refractivity contribution in [1.82, 2.24) is 9.97 Å². The highest BCUT2D eigenvalue weighted by Crippen LogP contribution is 2.38. The molecule has 6 heteroatoms. The van der Waals surface area contributed by atoms with Gasteiger partial charge < -0.3 is 14.5 Å². The molecule has 20 heavy (non-hydrogen) atoms. The van der Waals surface area contributed by atoms with Crippen LogP contribution < -0.4 is 5.56 Å². The maximum atomic E-state index is 11.4. The molecule has 2 fully saturated rings. The van der Waals surface area contributed by atoms with Crippen LogP contribution in [-0.4, -0.2) is 34.2 Å². The lowest BCUT2D eigenvalue weighted by molar-refractivity contribution is -0.184. The largest absolute Gasteiger partial charge is 0.347 e. The molecule has 1 aliphatic carbocycles. The van der Waals surface area contributed by atoms with Gasteiger partial charge in [-0.3, -0.25) is 4.79 Å². The summed E-state index contributed by atoms with van der Waals surface area (Å²) in [7, 11) is 0. The predicted molar refractivity (Wildman–Crippen MR) is 77.0 cm³/mol. The maximum absolute atomic E-state index is 11.4. The van der Waals surface area contributed by atoms with E-state index in [1.165, 1.54) is 37.1 Å². The summed E-state index contributed by atoms with van der Waals surface area (Å²) in [5.74, 6) is 0.436. The molecular weight excluding hydrogens is 276 g/mol. The second kappa shape index (κ2) is 5.87. The Morgan fingerprint density at radius 2 is 2.25 bits per heavy atom. The van der Waals surface area contributed by atoms with E-state index in [0.29, 0.717) is 11.8 Å². The summed E-state index contributed by atoms with van der Waals surface area (Å²) in [6.07, 6.45) is 5.76. The van der Waals surface area contributed by atoms with Crippen LogP contribution in [0.2, 0.25) is 0 Å². The van der Waals surface area contributed by atoms with Crippen LogP contribution >= 0.6 is 11.8 Å². The first-order valence-electron chi connectivity index (χ1n) is 7.18. The van der Waals surface area contributed by atoms with Gasteiger partial charge in [-0.1, -0.05) is 18.2 Å². The van der Waals surface area contributed by atoms with E-state index in [1.807, 2.05) is 6.92 Å². The number of rotatable bonds is 3. The molecule has 0 amide bonds. The Balaban J connectivity index is 1.55. The van der Waals surface area contributed by atoms with Crippen molar-refractivity contribution in [3.05, 3.63) is 22.1 Å². The van der Waals surface area contributed by atoms with Gasteiger partial charge in [-0.2, -0.15) is 0 Å². The normalized spacial score (nSPS) is 25.1.